The molecule has 0 unspecified atom stereocenters. The second-order valence-corrected chi connectivity index (χ2v) is 10.2. The van der Waals surface area contributed by atoms with Crippen LogP contribution in [0.1, 0.15) is 104 Å². The molecule has 0 amide bonds. The third-order valence-corrected chi connectivity index (χ3v) is 6.63. The molecule has 0 aliphatic heterocycles. The fourth-order valence-electron chi connectivity index (χ4n) is 4.25. The minimum atomic E-state index is -1.02. The van der Waals surface area contributed by atoms with Gasteiger partial charge in [-0.25, -0.2) is 0 Å². The molecular formula is C31H50O7. The third-order valence-electron chi connectivity index (χ3n) is 6.63. The number of aliphatic hydroxyl groups is 2. The van der Waals surface area contributed by atoms with Gasteiger partial charge in [0, 0.05) is 18.8 Å². The average molecular weight is 535 g/mol. The van der Waals surface area contributed by atoms with E-state index in [1.54, 1.807) is 12.2 Å². The van der Waals surface area contributed by atoms with E-state index in [2.05, 4.69) is 13.8 Å². The summed E-state index contributed by atoms with van der Waals surface area (Å²) in [6, 6.07) is 0. The molecule has 0 aromatic carbocycles. The van der Waals surface area contributed by atoms with Gasteiger partial charge in [-0.15, -0.1) is 0 Å². The Morgan fingerprint density at radius 3 is 2.21 bits per heavy atom. The van der Waals surface area contributed by atoms with Crippen molar-refractivity contribution in [1.82, 2.24) is 0 Å². The topological polar surface area (TPSA) is 110 Å². The van der Waals surface area contributed by atoms with Gasteiger partial charge in [-0.05, 0) is 44.1 Å². The van der Waals surface area contributed by atoms with Gasteiger partial charge in [0.25, 0.3) is 0 Å². The zero-order chi connectivity index (χ0) is 28.0. The van der Waals surface area contributed by atoms with E-state index in [1.165, 1.54) is 6.42 Å². The normalized spacial score (nSPS) is 18.9. The predicted molar refractivity (Wildman–Crippen MR) is 149 cm³/mol. The summed E-state index contributed by atoms with van der Waals surface area (Å²) < 4.78 is 10.1. The number of hydrogen-bond donors (Lipinski definition) is 2. The van der Waals surface area contributed by atoms with E-state index in [0.717, 1.165) is 57.8 Å². The first-order chi connectivity index (χ1) is 18.4. The first-order valence-corrected chi connectivity index (χ1v) is 14.6. The Balaban J connectivity index is 2.16. The van der Waals surface area contributed by atoms with Crippen molar-refractivity contribution in [3.05, 3.63) is 36.5 Å². The number of allylic oxidation sites excluding steroid dienone is 5. The lowest BCUT2D eigenvalue weighted by atomic mass is 9.90. The summed E-state index contributed by atoms with van der Waals surface area (Å²) in [6.45, 7) is 3.90. The molecule has 4 atom stereocenters. The number of hydrogen-bond acceptors (Lipinski definition) is 7. The second kappa shape index (κ2) is 21.7. The first-order valence-electron chi connectivity index (χ1n) is 14.6. The lowest BCUT2D eigenvalue weighted by Crippen LogP contribution is -2.25. The van der Waals surface area contributed by atoms with Gasteiger partial charge in [0.15, 0.2) is 5.78 Å². The van der Waals surface area contributed by atoms with Crippen LogP contribution in [0.25, 0.3) is 0 Å². The fraction of sp³-hybridized carbons (Fsp3) is 0.710. The van der Waals surface area contributed by atoms with Crippen molar-refractivity contribution in [3.63, 3.8) is 0 Å². The first kappa shape index (κ1) is 33.8. The summed E-state index contributed by atoms with van der Waals surface area (Å²) in [7, 11) is 0. The van der Waals surface area contributed by atoms with E-state index >= 15 is 0 Å². The Morgan fingerprint density at radius 1 is 0.895 bits per heavy atom. The number of ketones is 1. The lowest BCUT2D eigenvalue weighted by molar-refractivity contribution is -0.152. The zero-order valence-corrected chi connectivity index (χ0v) is 23.5. The molecule has 7 nitrogen and oxygen atoms in total. The Hall–Kier alpha value is -2.25. The van der Waals surface area contributed by atoms with Crippen molar-refractivity contribution >= 4 is 17.7 Å². The van der Waals surface area contributed by atoms with Crippen molar-refractivity contribution in [2.75, 3.05) is 13.2 Å². The Bertz CT molecular complexity index is 755. The maximum atomic E-state index is 12.2. The highest BCUT2D eigenvalue weighted by Crippen LogP contribution is 2.27. The highest BCUT2D eigenvalue weighted by atomic mass is 16.6. The number of carbonyl (C=O) groups excluding carboxylic acids is 3. The lowest BCUT2D eigenvalue weighted by Gasteiger charge is -2.13. The van der Waals surface area contributed by atoms with E-state index < -0.39 is 18.2 Å². The van der Waals surface area contributed by atoms with Crippen LogP contribution in [0.15, 0.2) is 36.5 Å². The van der Waals surface area contributed by atoms with E-state index in [1.807, 2.05) is 24.3 Å². The van der Waals surface area contributed by atoms with Crippen LogP contribution in [-0.2, 0) is 23.9 Å². The van der Waals surface area contributed by atoms with E-state index in [4.69, 9.17) is 9.47 Å². The van der Waals surface area contributed by atoms with E-state index in [9.17, 15) is 24.6 Å². The highest BCUT2D eigenvalue weighted by molar-refractivity contribution is 5.95. The number of unbranched alkanes of at least 4 members (excludes halogenated alkanes) is 7. The van der Waals surface area contributed by atoms with Crippen molar-refractivity contribution in [3.8, 4) is 0 Å². The van der Waals surface area contributed by atoms with Crippen LogP contribution < -0.4 is 0 Å². The molecule has 0 saturated heterocycles. The van der Waals surface area contributed by atoms with Gasteiger partial charge in [0.05, 0.1) is 6.10 Å². The predicted octanol–water partition coefficient (Wildman–Crippen LogP) is 5.78. The zero-order valence-electron chi connectivity index (χ0n) is 23.5. The van der Waals surface area contributed by atoms with Gasteiger partial charge in [-0.2, -0.15) is 0 Å². The molecule has 38 heavy (non-hydrogen) atoms. The molecule has 1 aliphatic carbocycles. The standard InChI is InChI=1S/C31H50O7/c1-3-5-7-8-13-17-30(35)37-23-27(33)24-38-31(36)18-14-10-9-12-15-25-19-22-29(34)28(25)21-20-26(32)16-11-6-4-2/h9,12,19-22,25-28,32-33H,3-8,10-11,13-18,23-24H2,1-2H3/b12-9-,21-20+/t25-,26-,27-,28+/m0/s1. The maximum Gasteiger partial charge on any atom is 0.305 e. The highest BCUT2D eigenvalue weighted by Gasteiger charge is 2.26. The monoisotopic (exact) mass is 534 g/mol. The minimum absolute atomic E-state index is 0.0718. The number of ether oxygens (including phenoxy) is 2. The molecule has 0 heterocycles. The summed E-state index contributed by atoms with van der Waals surface area (Å²) in [5, 5.41) is 20.0. The molecule has 0 fully saturated rings. The molecule has 1 rings (SSSR count). The van der Waals surface area contributed by atoms with Crippen LogP contribution in [0.3, 0.4) is 0 Å². The number of rotatable bonds is 22. The van der Waals surface area contributed by atoms with Crippen LogP contribution >= 0.6 is 0 Å². The minimum Gasteiger partial charge on any atom is -0.463 e. The third kappa shape index (κ3) is 16.6. The van der Waals surface area contributed by atoms with Crippen molar-refractivity contribution < 1.29 is 34.1 Å². The number of esters is 2. The molecule has 7 heteroatoms. The van der Waals surface area contributed by atoms with Crippen molar-refractivity contribution in [2.45, 2.75) is 116 Å². The second-order valence-electron chi connectivity index (χ2n) is 10.2. The molecular weight excluding hydrogens is 484 g/mol. The fourth-order valence-corrected chi connectivity index (χ4v) is 4.25. The van der Waals surface area contributed by atoms with Crippen LogP contribution in [-0.4, -0.2) is 53.4 Å². The summed E-state index contributed by atoms with van der Waals surface area (Å²) >= 11 is 0. The Labute approximate surface area is 229 Å². The van der Waals surface area contributed by atoms with Gasteiger partial charge in [0.1, 0.15) is 19.3 Å². The van der Waals surface area contributed by atoms with Crippen LogP contribution in [0.5, 0.6) is 0 Å². The number of aliphatic hydroxyl groups excluding tert-OH is 2. The Morgan fingerprint density at radius 2 is 1.53 bits per heavy atom. The summed E-state index contributed by atoms with van der Waals surface area (Å²) in [5.74, 6) is -0.806. The van der Waals surface area contributed by atoms with Crippen LogP contribution in [0, 0.1) is 11.8 Å². The smallest absolute Gasteiger partial charge is 0.305 e. The van der Waals surface area contributed by atoms with Crippen LogP contribution in [0.4, 0.5) is 0 Å². The van der Waals surface area contributed by atoms with Gasteiger partial charge >= 0.3 is 11.9 Å². The summed E-state index contributed by atoms with van der Waals surface area (Å²) in [6.07, 6.45) is 21.4. The average Bonchev–Trinajstić information content (AvgIpc) is 3.25. The summed E-state index contributed by atoms with van der Waals surface area (Å²) in [4.78, 5) is 35.8. The Kier molecular flexibility index (Phi) is 19.3. The molecule has 0 radical (unpaired) electrons. The van der Waals surface area contributed by atoms with Crippen LogP contribution in [0.2, 0.25) is 0 Å². The van der Waals surface area contributed by atoms with Crippen molar-refractivity contribution in [1.29, 1.82) is 0 Å². The van der Waals surface area contributed by atoms with Crippen molar-refractivity contribution in [2.24, 2.45) is 11.8 Å². The van der Waals surface area contributed by atoms with Gasteiger partial charge < -0.3 is 19.7 Å². The quantitative estimate of drug-likeness (QED) is 0.103. The molecule has 0 bridgehead atoms. The molecule has 0 saturated carbocycles. The SMILES string of the molecule is CCCCCCCC(=O)OC[C@H](O)COC(=O)CCC/C=C\C[C@H]1C=CC(=O)[C@@H]1/C=C/[C@@H](O)CCCCC. The van der Waals surface area contributed by atoms with Gasteiger partial charge in [-0.1, -0.05) is 89.2 Å². The largest absolute Gasteiger partial charge is 0.463 e. The number of carbonyl (C=O) groups is 3. The molecule has 1 aliphatic rings. The molecule has 216 valence electrons. The molecule has 0 aromatic rings. The van der Waals surface area contributed by atoms with E-state index in [-0.39, 0.29) is 43.2 Å². The van der Waals surface area contributed by atoms with E-state index in [0.29, 0.717) is 19.3 Å². The molecule has 0 aromatic heterocycles. The molecule has 2 N–H and O–H groups in total. The maximum absolute atomic E-state index is 12.2. The molecule has 0 spiro atoms. The van der Waals surface area contributed by atoms with Gasteiger partial charge in [-0.3, -0.25) is 14.4 Å². The van der Waals surface area contributed by atoms with Gasteiger partial charge in [0.2, 0.25) is 0 Å². The summed E-state index contributed by atoms with van der Waals surface area (Å²) in [5.41, 5.74) is 0.